The molecule has 0 aliphatic heterocycles. The van der Waals surface area contributed by atoms with Gasteiger partial charge in [-0.2, -0.15) is 0 Å². The summed E-state index contributed by atoms with van der Waals surface area (Å²) in [6.45, 7) is 4.09. The van der Waals surface area contributed by atoms with Crippen LogP contribution >= 0.6 is 0 Å². The number of carbonyl (C=O) groups excluding carboxylic acids is 1. The third kappa shape index (κ3) is 12.8. The van der Waals surface area contributed by atoms with E-state index in [2.05, 4.69) is 21.6 Å². The van der Waals surface area contributed by atoms with E-state index in [0.717, 1.165) is 35.6 Å². The van der Waals surface area contributed by atoms with Crippen LogP contribution in [-0.4, -0.2) is 39.6 Å². The van der Waals surface area contributed by atoms with E-state index in [1.807, 2.05) is 43.3 Å². The van der Waals surface area contributed by atoms with Crippen molar-refractivity contribution in [3.63, 3.8) is 0 Å². The van der Waals surface area contributed by atoms with Crippen LogP contribution < -0.4 is 18.9 Å². The van der Waals surface area contributed by atoms with Crippen molar-refractivity contribution in [2.24, 2.45) is 0 Å². The van der Waals surface area contributed by atoms with Crippen LogP contribution in [0, 0.1) is 0 Å². The molecule has 2 heterocycles. The van der Waals surface area contributed by atoms with Crippen LogP contribution in [0.3, 0.4) is 0 Å². The van der Waals surface area contributed by atoms with E-state index in [9.17, 15) is 9.59 Å². The number of nitrogens with zero attached hydrogens (tertiary/aromatic N) is 2. The predicted octanol–water partition coefficient (Wildman–Crippen LogP) is 0.238. The van der Waals surface area contributed by atoms with E-state index in [0.29, 0.717) is 19.3 Å². The number of carboxylic acid groups (broad SMARTS) is 1. The van der Waals surface area contributed by atoms with E-state index in [1.54, 1.807) is 0 Å². The van der Waals surface area contributed by atoms with Crippen LogP contribution in [0.15, 0.2) is 36.4 Å². The standard InChI is InChI=1S/C11H15NO2.C10H13NO2.Li.H2O/c1-3-9-5-4-6-10(12-9)7-8-11(13)14-2;1-2-8-4-3-5-9(11-8)6-7-10(12)13;;/h4-6H,3,7-8H2,1-2H3;3-5H,2,6-7H2,1H3,(H,12,13);;1H2/q;;+1;/p-1. The minimum atomic E-state index is -0.774. The fourth-order valence-corrected chi connectivity index (χ4v) is 2.30. The number of methoxy groups -OCH3 is 1. The second-order valence-corrected chi connectivity index (χ2v) is 5.92. The largest absolute Gasteiger partial charge is 1.00 e. The molecule has 2 aromatic heterocycles. The van der Waals surface area contributed by atoms with Gasteiger partial charge in [0.2, 0.25) is 0 Å². The van der Waals surface area contributed by atoms with E-state index in [-0.39, 0.29) is 36.7 Å². The van der Waals surface area contributed by atoms with Crippen molar-refractivity contribution >= 4 is 11.9 Å². The van der Waals surface area contributed by atoms with Gasteiger partial charge >= 0.3 is 30.8 Å². The number of aromatic nitrogens is 2. The summed E-state index contributed by atoms with van der Waals surface area (Å²) in [7, 11) is 1.40. The Balaban J connectivity index is 0. The van der Waals surface area contributed by atoms with Gasteiger partial charge in [0.25, 0.3) is 0 Å². The van der Waals surface area contributed by atoms with Crippen molar-refractivity contribution in [1.29, 1.82) is 0 Å². The maximum Gasteiger partial charge on any atom is 1.00 e. The second-order valence-electron chi connectivity index (χ2n) is 5.92. The van der Waals surface area contributed by atoms with Crippen LogP contribution in [0.2, 0.25) is 0 Å². The number of ether oxygens (including phenoxy) is 1. The Hall–Kier alpha value is -2.20. The molecule has 0 spiro atoms. The molecule has 2 rings (SSSR count). The topological polar surface area (TPSA) is 119 Å². The van der Waals surface area contributed by atoms with E-state index in [4.69, 9.17) is 5.11 Å². The van der Waals surface area contributed by atoms with Crippen LogP contribution in [0.4, 0.5) is 0 Å². The van der Waals surface area contributed by atoms with Gasteiger partial charge < -0.3 is 15.3 Å². The third-order valence-electron chi connectivity index (χ3n) is 3.86. The van der Waals surface area contributed by atoms with Crippen molar-refractivity contribution < 1.29 is 43.8 Å². The summed E-state index contributed by atoms with van der Waals surface area (Å²) < 4.78 is 4.56. The summed E-state index contributed by atoms with van der Waals surface area (Å²) in [5.74, 6) is -0.961. The van der Waals surface area contributed by atoms with Gasteiger partial charge in [0.15, 0.2) is 0 Å². The van der Waals surface area contributed by atoms with Crippen molar-refractivity contribution in [2.75, 3.05) is 7.11 Å². The molecule has 154 valence electrons. The molecule has 0 atom stereocenters. The molecule has 0 fully saturated rings. The van der Waals surface area contributed by atoms with E-state index < -0.39 is 5.97 Å². The monoisotopic (exact) mass is 396 g/mol. The Morgan fingerprint density at radius 2 is 1.28 bits per heavy atom. The van der Waals surface area contributed by atoms with Gasteiger partial charge in [-0.3, -0.25) is 19.6 Å². The summed E-state index contributed by atoms with van der Waals surface area (Å²) in [6.07, 6.45) is 3.54. The molecule has 0 saturated carbocycles. The zero-order valence-electron chi connectivity index (χ0n) is 17.7. The maximum atomic E-state index is 10.9. The molecule has 2 N–H and O–H groups in total. The predicted molar refractivity (Wildman–Crippen MR) is 105 cm³/mol. The van der Waals surface area contributed by atoms with Gasteiger partial charge in [0.1, 0.15) is 0 Å². The van der Waals surface area contributed by atoms with Crippen LogP contribution in [0.5, 0.6) is 0 Å². The molecular formula is C21H29LiN2O5. The molecule has 29 heavy (non-hydrogen) atoms. The zero-order chi connectivity index (χ0) is 20.1. The van der Waals surface area contributed by atoms with Gasteiger partial charge in [0, 0.05) is 35.6 Å². The quantitative estimate of drug-likeness (QED) is 0.501. The van der Waals surface area contributed by atoms with Gasteiger partial charge in [-0.15, -0.1) is 0 Å². The maximum absolute atomic E-state index is 10.9. The molecule has 0 amide bonds. The zero-order valence-corrected chi connectivity index (χ0v) is 17.7. The molecule has 0 bridgehead atoms. The first-order valence-electron chi connectivity index (χ1n) is 9.16. The molecule has 0 aromatic carbocycles. The van der Waals surface area contributed by atoms with Crippen molar-refractivity contribution in [3.05, 3.63) is 59.2 Å². The number of aryl methyl sites for hydroxylation is 4. The minimum absolute atomic E-state index is 0. The Bertz CT molecular complexity index is 741. The number of hydrogen-bond acceptors (Lipinski definition) is 6. The average molecular weight is 396 g/mol. The Labute approximate surface area is 184 Å². The number of rotatable bonds is 8. The third-order valence-corrected chi connectivity index (χ3v) is 3.86. The Morgan fingerprint density at radius 3 is 1.66 bits per heavy atom. The minimum Gasteiger partial charge on any atom is -0.870 e. The van der Waals surface area contributed by atoms with Crippen molar-refractivity contribution in [2.45, 2.75) is 52.4 Å². The normalized spacial score (nSPS) is 9.21. The smallest absolute Gasteiger partial charge is 0.870 e. The Kier molecular flexibility index (Phi) is 16.7. The first-order valence-corrected chi connectivity index (χ1v) is 9.16. The molecule has 0 radical (unpaired) electrons. The van der Waals surface area contributed by atoms with Gasteiger partial charge in [-0.25, -0.2) is 0 Å². The van der Waals surface area contributed by atoms with Crippen LogP contribution in [-0.2, 0) is 40.0 Å². The van der Waals surface area contributed by atoms with Crippen LogP contribution in [0.25, 0.3) is 0 Å². The number of aliphatic carboxylic acids is 1. The first-order chi connectivity index (χ1) is 13.0. The van der Waals surface area contributed by atoms with Gasteiger partial charge in [0.05, 0.1) is 20.0 Å². The summed E-state index contributed by atoms with van der Waals surface area (Å²) in [4.78, 5) is 29.9. The Morgan fingerprint density at radius 1 is 0.862 bits per heavy atom. The second kappa shape index (κ2) is 16.7. The van der Waals surface area contributed by atoms with Crippen molar-refractivity contribution in [3.8, 4) is 0 Å². The number of carboxylic acids is 1. The molecule has 0 aliphatic carbocycles. The number of esters is 1. The molecule has 0 aliphatic rings. The summed E-state index contributed by atoms with van der Waals surface area (Å²) in [5, 5.41) is 8.47. The summed E-state index contributed by atoms with van der Waals surface area (Å²) in [6, 6.07) is 11.6. The number of hydrogen-bond donors (Lipinski definition) is 1. The van der Waals surface area contributed by atoms with Gasteiger partial charge in [-0.05, 0) is 37.1 Å². The molecule has 7 nitrogen and oxygen atoms in total. The van der Waals surface area contributed by atoms with Crippen molar-refractivity contribution in [1.82, 2.24) is 9.97 Å². The summed E-state index contributed by atoms with van der Waals surface area (Å²) in [5.41, 5.74) is 3.90. The number of carbonyl (C=O) groups is 2. The molecule has 0 unspecified atom stereocenters. The van der Waals surface area contributed by atoms with Crippen LogP contribution in [0.1, 0.15) is 49.5 Å². The molecule has 2 aromatic rings. The van der Waals surface area contributed by atoms with E-state index in [1.165, 1.54) is 7.11 Å². The van der Waals surface area contributed by atoms with Gasteiger partial charge in [-0.1, -0.05) is 26.0 Å². The fraction of sp³-hybridized carbons (Fsp3) is 0.429. The average Bonchev–Trinajstić information content (AvgIpc) is 2.71. The summed E-state index contributed by atoms with van der Waals surface area (Å²) >= 11 is 0. The SMILES string of the molecule is CCc1cccc(CCC(=O)O)n1.CCc1cccc(CCC(=O)OC)n1.[Li+].[OH-]. The molecular weight excluding hydrogens is 367 g/mol. The fourth-order valence-electron chi connectivity index (χ4n) is 2.30. The molecule has 8 heteroatoms. The first kappa shape index (κ1) is 29.0. The van der Waals surface area contributed by atoms with E-state index >= 15 is 0 Å². The molecule has 0 saturated heterocycles. The number of pyridine rings is 2.